The van der Waals surface area contributed by atoms with Gasteiger partial charge in [0.25, 0.3) is 0 Å². The normalized spacial score (nSPS) is 11.6. The van der Waals surface area contributed by atoms with Gasteiger partial charge in [-0.05, 0) is 19.4 Å². The summed E-state index contributed by atoms with van der Waals surface area (Å²) < 4.78 is 0. The molecule has 0 heterocycles. The molecule has 0 spiro atoms. The predicted molar refractivity (Wildman–Crippen MR) is 92.9 cm³/mol. The van der Waals surface area contributed by atoms with Crippen molar-refractivity contribution in [3.8, 4) is 0 Å². The van der Waals surface area contributed by atoms with Crippen LogP contribution in [0.4, 0.5) is 0 Å². The maximum atomic E-state index is 11.7. The molecule has 0 aliphatic rings. The highest BCUT2D eigenvalue weighted by Gasteiger charge is 2.26. The molecule has 0 aliphatic carbocycles. The molecule has 0 aromatic heterocycles. The first-order chi connectivity index (χ1) is 11.3. The lowest BCUT2D eigenvalue weighted by atomic mass is 10.3. The summed E-state index contributed by atoms with van der Waals surface area (Å²) in [5.41, 5.74) is 5.32. The fourth-order valence-electron chi connectivity index (χ4n) is 2.05. The van der Waals surface area contributed by atoms with E-state index in [2.05, 4.69) is 10.6 Å². The van der Waals surface area contributed by atoms with Crippen LogP contribution in [0.3, 0.4) is 0 Å². The fourth-order valence-corrected chi connectivity index (χ4v) is 2.68. The number of nitrogens with one attached hydrogen (secondary N) is 2. The molecule has 0 rings (SSSR count). The van der Waals surface area contributed by atoms with Crippen LogP contribution < -0.4 is 16.4 Å². The molecular weight excluding hydrogens is 332 g/mol. The number of amides is 2. The van der Waals surface area contributed by atoms with Crippen LogP contribution in [0.5, 0.6) is 0 Å². The number of rotatable bonds is 14. The first kappa shape index (κ1) is 23.0. The molecule has 0 saturated heterocycles. The topological polar surface area (TPSA) is 148 Å². The van der Waals surface area contributed by atoms with Gasteiger partial charge < -0.3 is 35.7 Å². The molecule has 0 unspecified atom stereocenters. The minimum atomic E-state index is -4.05. The summed E-state index contributed by atoms with van der Waals surface area (Å²) >= 11 is 0. The molecule has 10 heteroatoms. The van der Waals surface area contributed by atoms with Gasteiger partial charge in [0.2, 0.25) is 11.8 Å². The summed E-state index contributed by atoms with van der Waals surface area (Å²) in [6.07, 6.45) is 1.84. The van der Waals surface area contributed by atoms with Gasteiger partial charge in [-0.1, -0.05) is 6.92 Å². The van der Waals surface area contributed by atoms with E-state index in [0.29, 0.717) is 52.1 Å². The van der Waals surface area contributed by atoms with Gasteiger partial charge in [-0.2, -0.15) is 0 Å². The average Bonchev–Trinajstić information content (AvgIpc) is 2.51. The second-order valence-corrected chi connectivity index (χ2v) is 7.76. The molecule has 0 saturated carbocycles. The van der Waals surface area contributed by atoms with Crippen LogP contribution in [-0.4, -0.2) is 79.2 Å². The summed E-state index contributed by atoms with van der Waals surface area (Å²) in [7, 11) is -4.05. The van der Waals surface area contributed by atoms with E-state index < -0.39 is 8.80 Å². The summed E-state index contributed by atoms with van der Waals surface area (Å²) in [6, 6.07) is -0.0646. The van der Waals surface area contributed by atoms with E-state index in [-0.39, 0.29) is 24.3 Å². The van der Waals surface area contributed by atoms with Crippen LogP contribution in [0.2, 0.25) is 6.04 Å². The maximum Gasteiger partial charge on any atom is 0.492 e. The van der Waals surface area contributed by atoms with E-state index in [9.17, 15) is 9.59 Å². The predicted octanol–water partition coefficient (Wildman–Crippen LogP) is -2.02. The molecule has 0 radical (unpaired) electrons. The van der Waals surface area contributed by atoms with Crippen LogP contribution >= 0.6 is 0 Å². The molecule has 7 N–H and O–H groups in total. The van der Waals surface area contributed by atoms with E-state index in [4.69, 9.17) is 20.1 Å². The third-order valence-electron chi connectivity index (χ3n) is 3.34. The van der Waals surface area contributed by atoms with Crippen LogP contribution in [0, 0.1) is 0 Å². The van der Waals surface area contributed by atoms with Gasteiger partial charge in [-0.25, -0.2) is 0 Å². The monoisotopic (exact) mass is 364 g/mol. The quantitative estimate of drug-likeness (QED) is 0.195. The SMILES string of the molecule is CCCNC(=O)CCN(CCC[Si](O)(O)O)CCC(=O)NCCN. The first-order valence-corrected chi connectivity index (χ1v) is 10.5. The zero-order valence-electron chi connectivity index (χ0n) is 14.5. The second-order valence-electron chi connectivity index (χ2n) is 5.71. The van der Waals surface area contributed by atoms with Crippen molar-refractivity contribution in [3.05, 3.63) is 0 Å². The van der Waals surface area contributed by atoms with Crippen molar-refractivity contribution in [2.45, 2.75) is 38.7 Å². The van der Waals surface area contributed by atoms with Gasteiger partial charge in [0.05, 0.1) is 0 Å². The molecule has 24 heavy (non-hydrogen) atoms. The van der Waals surface area contributed by atoms with Crippen LogP contribution in [0.25, 0.3) is 0 Å². The fraction of sp³-hybridized carbons (Fsp3) is 0.857. The minimum Gasteiger partial charge on any atom is -0.390 e. The standard InChI is InChI=1S/C14H32N4O5Si/c1-2-7-16-13(19)4-10-18(9-3-12-24(21,22)23)11-5-14(20)17-8-6-15/h21-23H,2-12,15H2,1H3,(H,16,19)(H,17,20). The molecule has 0 aliphatic heterocycles. The van der Waals surface area contributed by atoms with Crippen molar-refractivity contribution >= 4 is 20.6 Å². The highest BCUT2D eigenvalue weighted by atomic mass is 28.4. The largest absolute Gasteiger partial charge is 0.492 e. The van der Waals surface area contributed by atoms with Crippen LogP contribution in [0.15, 0.2) is 0 Å². The van der Waals surface area contributed by atoms with E-state index in [1.165, 1.54) is 0 Å². The number of nitrogens with two attached hydrogens (primary N) is 1. The zero-order chi connectivity index (χ0) is 18.4. The molecule has 142 valence electrons. The zero-order valence-corrected chi connectivity index (χ0v) is 15.5. The Morgan fingerprint density at radius 3 is 2.00 bits per heavy atom. The van der Waals surface area contributed by atoms with E-state index in [1.807, 2.05) is 11.8 Å². The molecule has 9 nitrogen and oxygen atoms in total. The Bertz CT molecular complexity index is 342. The first-order valence-electron chi connectivity index (χ1n) is 8.41. The Morgan fingerprint density at radius 2 is 1.54 bits per heavy atom. The number of carbonyl (C=O) groups is 2. The molecule has 0 fully saturated rings. The number of hydrogen-bond acceptors (Lipinski definition) is 7. The lowest BCUT2D eigenvalue weighted by Crippen LogP contribution is -2.38. The van der Waals surface area contributed by atoms with Crippen LogP contribution in [0.1, 0.15) is 32.6 Å². The van der Waals surface area contributed by atoms with Crippen molar-refractivity contribution in [2.24, 2.45) is 5.73 Å². The van der Waals surface area contributed by atoms with Gasteiger partial charge in [-0.15, -0.1) is 0 Å². The average molecular weight is 365 g/mol. The highest BCUT2D eigenvalue weighted by molar-refractivity contribution is 6.56. The Hall–Kier alpha value is -1.04. The smallest absolute Gasteiger partial charge is 0.390 e. The van der Waals surface area contributed by atoms with Crippen LogP contribution in [-0.2, 0) is 9.59 Å². The lowest BCUT2D eigenvalue weighted by Gasteiger charge is -2.22. The van der Waals surface area contributed by atoms with Gasteiger partial charge in [-0.3, -0.25) is 9.59 Å². The van der Waals surface area contributed by atoms with E-state index in [1.54, 1.807) is 0 Å². The Kier molecular flexibility index (Phi) is 12.7. The molecule has 0 aromatic rings. The molecule has 0 atom stereocenters. The van der Waals surface area contributed by atoms with Gasteiger partial charge in [0.15, 0.2) is 0 Å². The molecule has 2 amide bonds. The number of carbonyl (C=O) groups excluding carboxylic acids is 2. The van der Waals surface area contributed by atoms with Gasteiger partial charge >= 0.3 is 8.80 Å². The molecule has 0 aromatic carbocycles. The van der Waals surface area contributed by atoms with Gasteiger partial charge in [0.1, 0.15) is 0 Å². The van der Waals surface area contributed by atoms with Crippen molar-refractivity contribution in [1.82, 2.24) is 15.5 Å². The third-order valence-corrected chi connectivity index (χ3v) is 4.36. The second kappa shape index (κ2) is 13.3. The third kappa shape index (κ3) is 14.5. The minimum absolute atomic E-state index is 0.0513. The molecular formula is C14H32N4O5Si. The van der Waals surface area contributed by atoms with Crippen molar-refractivity contribution in [2.75, 3.05) is 39.3 Å². The van der Waals surface area contributed by atoms with Crippen molar-refractivity contribution in [1.29, 1.82) is 0 Å². The lowest BCUT2D eigenvalue weighted by molar-refractivity contribution is -0.121. The van der Waals surface area contributed by atoms with Crippen molar-refractivity contribution < 1.29 is 24.0 Å². The van der Waals surface area contributed by atoms with Gasteiger partial charge in [0, 0.05) is 51.6 Å². The Balaban J connectivity index is 4.26. The van der Waals surface area contributed by atoms with E-state index >= 15 is 0 Å². The van der Waals surface area contributed by atoms with E-state index in [0.717, 1.165) is 6.42 Å². The number of hydrogen-bond donors (Lipinski definition) is 6. The summed E-state index contributed by atoms with van der Waals surface area (Å²) in [5.74, 6) is -0.166. The maximum absolute atomic E-state index is 11.7. The summed E-state index contributed by atoms with van der Waals surface area (Å²) in [5, 5.41) is 5.47. The highest BCUT2D eigenvalue weighted by Crippen LogP contribution is 2.05. The van der Waals surface area contributed by atoms with Crippen molar-refractivity contribution in [3.63, 3.8) is 0 Å². The number of nitrogens with zero attached hydrogens (tertiary/aromatic N) is 1. The summed E-state index contributed by atoms with van der Waals surface area (Å²) in [4.78, 5) is 52.4. The summed E-state index contributed by atoms with van der Waals surface area (Å²) in [6.45, 7) is 4.80. The Labute approximate surface area is 144 Å². The molecule has 0 bridgehead atoms. The Morgan fingerprint density at radius 1 is 1.00 bits per heavy atom.